The minimum atomic E-state index is -0.133. The van der Waals surface area contributed by atoms with E-state index in [-0.39, 0.29) is 6.17 Å². The minimum absolute atomic E-state index is 0.133. The number of aromatic nitrogens is 1. The van der Waals surface area contributed by atoms with Crippen molar-refractivity contribution in [3.8, 4) is 0 Å². The first-order chi connectivity index (χ1) is 10.2. The molecule has 2 rings (SSSR count). The first-order valence-electron chi connectivity index (χ1n) is 7.77. The Morgan fingerprint density at radius 2 is 1.95 bits per heavy atom. The van der Waals surface area contributed by atoms with E-state index in [2.05, 4.69) is 36.0 Å². The molecule has 0 bridgehead atoms. The van der Waals surface area contributed by atoms with Crippen molar-refractivity contribution in [1.29, 1.82) is 0 Å². The van der Waals surface area contributed by atoms with Crippen LogP contribution in [0.4, 0.5) is 0 Å². The van der Waals surface area contributed by atoms with Gasteiger partial charge < -0.3 is 10.2 Å². The van der Waals surface area contributed by atoms with E-state index in [0.717, 1.165) is 19.3 Å². The normalized spacial score (nSPS) is 17.1. The van der Waals surface area contributed by atoms with E-state index in [9.17, 15) is 4.79 Å². The number of hydrogen-bond donors (Lipinski definition) is 1. The molecule has 1 aliphatic rings. The number of carbonyl (C=O) groups is 1. The van der Waals surface area contributed by atoms with Gasteiger partial charge in [0.25, 0.3) is 0 Å². The Bertz CT molecular complexity index is 404. The van der Waals surface area contributed by atoms with Gasteiger partial charge in [0.1, 0.15) is 0 Å². The van der Waals surface area contributed by atoms with Crippen molar-refractivity contribution in [2.75, 3.05) is 6.54 Å². The first kappa shape index (κ1) is 17.2. The maximum Gasteiger partial charge on any atom is 0.162 e. The molecule has 1 N–H and O–H groups in total. The highest BCUT2D eigenvalue weighted by Gasteiger charge is 2.26. The number of nitrogens with one attached hydrogen (secondary N) is 1. The summed E-state index contributed by atoms with van der Waals surface area (Å²) in [5, 5.41) is 3.22. The van der Waals surface area contributed by atoms with Crippen LogP contribution in [-0.2, 0) is 4.79 Å². The largest absolute Gasteiger partial charge is 0.361 e. The summed E-state index contributed by atoms with van der Waals surface area (Å²) in [6, 6.07) is 5.72. The molecule has 0 aromatic carbocycles. The van der Waals surface area contributed by atoms with Gasteiger partial charge in [0.15, 0.2) is 12.5 Å². The minimum Gasteiger partial charge on any atom is -0.361 e. The number of pyridine rings is 1. The molecule has 0 saturated heterocycles. The lowest BCUT2D eigenvalue weighted by Crippen LogP contribution is -2.38. The van der Waals surface area contributed by atoms with Crippen LogP contribution in [0.25, 0.3) is 0 Å². The van der Waals surface area contributed by atoms with E-state index in [1.807, 2.05) is 18.2 Å². The number of unbranched alkanes of at least 4 members (excludes halogenated alkanes) is 2. The highest BCUT2D eigenvalue weighted by atomic mass is 16.1. The summed E-state index contributed by atoms with van der Waals surface area (Å²) in [6.45, 7) is 7.26. The monoisotopic (exact) mass is 289 g/mol. The number of likely N-dealkylation sites (N-methyl/N-ethyl adjacent to an activating group) is 1. The van der Waals surface area contributed by atoms with Gasteiger partial charge >= 0.3 is 0 Å². The fourth-order valence-electron chi connectivity index (χ4n) is 2.45. The highest BCUT2D eigenvalue weighted by Crippen LogP contribution is 2.23. The molecular formula is C17H27N3O. The van der Waals surface area contributed by atoms with Crippen LogP contribution < -0.4 is 5.32 Å². The summed E-state index contributed by atoms with van der Waals surface area (Å²) in [4.78, 5) is 16.8. The van der Waals surface area contributed by atoms with E-state index in [0.29, 0.717) is 0 Å². The van der Waals surface area contributed by atoms with Crippen LogP contribution in [0.15, 0.2) is 42.0 Å². The summed E-state index contributed by atoms with van der Waals surface area (Å²) in [6.07, 6.45) is 9.16. The van der Waals surface area contributed by atoms with Crippen LogP contribution in [0.2, 0.25) is 0 Å². The number of allylic oxidation sites excluding steroid dienone is 2. The predicted molar refractivity (Wildman–Crippen MR) is 86.4 cm³/mol. The molecule has 21 heavy (non-hydrogen) atoms. The molecular weight excluding hydrogens is 262 g/mol. The van der Waals surface area contributed by atoms with Crippen molar-refractivity contribution in [1.82, 2.24) is 15.2 Å². The predicted octanol–water partition coefficient (Wildman–Crippen LogP) is 3.33. The van der Waals surface area contributed by atoms with Crippen LogP contribution in [-0.4, -0.2) is 28.9 Å². The molecule has 0 amide bonds. The fraction of sp³-hybridized carbons (Fsp3) is 0.529. The van der Waals surface area contributed by atoms with Gasteiger partial charge in [-0.15, -0.1) is 0 Å². The summed E-state index contributed by atoms with van der Waals surface area (Å²) in [5.41, 5.74) is 2.49. The molecule has 4 heteroatoms. The Morgan fingerprint density at radius 3 is 2.38 bits per heavy atom. The third-order valence-corrected chi connectivity index (χ3v) is 3.53. The average molecular weight is 289 g/mol. The molecule has 2 heterocycles. The van der Waals surface area contributed by atoms with E-state index in [1.165, 1.54) is 30.7 Å². The SMILES string of the molecule is CCCCCC1=C(C)NC(C=O)N1CC.c1ccncc1. The van der Waals surface area contributed by atoms with Gasteiger partial charge in [0.2, 0.25) is 0 Å². The molecule has 0 spiro atoms. The van der Waals surface area contributed by atoms with Crippen LogP contribution in [0.1, 0.15) is 46.5 Å². The number of carbonyl (C=O) groups excluding carboxylic acids is 1. The second kappa shape index (κ2) is 9.97. The lowest BCUT2D eigenvalue weighted by Gasteiger charge is -2.23. The van der Waals surface area contributed by atoms with Gasteiger partial charge in [-0.1, -0.05) is 25.8 Å². The fourth-order valence-corrected chi connectivity index (χ4v) is 2.45. The van der Waals surface area contributed by atoms with Crippen molar-refractivity contribution in [3.63, 3.8) is 0 Å². The summed E-state index contributed by atoms with van der Waals surface area (Å²) in [5.74, 6) is 0. The zero-order chi connectivity index (χ0) is 15.5. The molecule has 0 aliphatic carbocycles. The van der Waals surface area contributed by atoms with Gasteiger partial charge in [0, 0.05) is 30.3 Å². The molecule has 1 aromatic rings. The molecule has 116 valence electrons. The number of hydrogen-bond acceptors (Lipinski definition) is 4. The average Bonchev–Trinajstić information content (AvgIpc) is 2.85. The molecule has 0 saturated carbocycles. The topological polar surface area (TPSA) is 45.2 Å². The Kier molecular flexibility index (Phi) is 8.17. The Balaban J connectivity index is 0.000000304. The second-order valence-electron chi connectivity index (χ2n) is 5.06. The molecule has 1 atom stereocenters. The lowest BCUT2D eigenvalue weighted by atomic mass is 10.1. The van der Waals surface area contributed by atoms with Gasteiger partial charge in [-0.2, -0.15) is 0 Å². The van der Waals surface area contributed by atoms with E-state index < -0.39 is 0 Å². The molecule has 1 aliphatic heterocycles. The van der Waals surface area contributed by atoms with Crippen molar-refractivity contribution >= 4 is 6.29 Å². The lowest BCUT2D eigenvalue weighted by molar-refractivity contribution is -0.112. The second-order valence-corrected chi connectivity index (χ2v) is 5.06. The maximum atomic E-state index is 10.9. The number of rotatable bonds is 6. The van der Waals surface area contributed by atoms with Gasteiger partial charge in [-0.25, -0.2) is 0 Å². The zero-order valence-electron chi connectivity index (χ0n) is 13.4. The van der Waals surface area contributed by atoms with Crippen molar-refractivity contribution in [3.05, 3.63) is 42.0 Å². The van der Waals surface area contributed by atoms with Crippen LogP contribution >= 0.6 is 0 Å². The van der Waals surface area contributed by atoms with Crippen LogP contribution in [0, 0.1) is 0 Å². The Labute approximate surface area is 128 Å². The van der Waals surface area contributed by atoms with Crippen LogP contribution in [0.3, 0.4) is 0 Å². The molecule has 0 fully saturated rings. The van der Waals surface area contributed by atoms with E-state index >= 15 is 0 Å². The zero-order valence-corrected chi connectivity index (χ0v) is 13.4. The first-order valence-corrected chi connectivity index (χ1v) is 7.77. The van der Waals surface area contributed by atoms with Gasteiger partial charge in [-0.05, 0) is 38.8 Å². The van der Waals surface area contributed by atoms with E-state index in [1.54, 1.807) is 12.4 Å². The quantitative estimate of drug-likeness (QED) is 0.644. The Hall–Kier alpha value is -1.84. The van der Waals surface area contributed by atoms with Gasteiger partial charge in [-0.3, -0.25) is 9.78 Å². The van der Waals surface area contributed by atoms with Crippen molar-refractivity contribution in [2.45, 2.75) is 52.6 Å². The molecule has 0 radical (unpaired) electrons. The van der Waals surface area contributed by atoms with E-state index in [4.69, 9.17) is 0 Å². The maximum absolute atomic E-state index is 10.9. The standard InChI is InChI=1S/C12H22N2O.C5H5N/c1-4-6-7-8-11-10(3)13-12(9-15)14(11)5-2;1-2-4-6-5-3-1/h9,12-13H,4-8H2,1-3H3;1-5H. The van der Waals surface area contributed by atoms with Crippen molar-refractivity contribution < 1.29 is 4.79 Å². The smallest absolute Gasteiger partial charge is 0.162 e. The number of aldehydes is 1. The molecule has 1 aromatic heterocycles. The molecule has 1 unspecified atom stereocenters. The van der Waals surface area contributed by atoms with Crippen LogP contribution in [0.5, 0.6) is 0 Å². The van der Waals surface area contributed by atoms with Gasteiger partial charge in [0.05, 0.1) is 0 Å². The third-order valence-electron chi connectivity index (χ3n) is 3.53. The highest BCUT2D eigenvalue weighted by molar-refractivity contribution is 5.59. The number of nitrogens with zero attached hydrogens (tertiary/aromatic N) is 2. The summed E-state index contributed by atoms with van der Waals surface area (Å²) in [7, 11) is 0. The summed E-state index contributed by atoms with van der Waals surface area (Å²) < 4.78 is 0. The molecule has 4 nitrogen and oxygen atoms in total. The van der Waals surface area contributed by atoms with Crippen molar-refractivity contribution in [2.24, 2.45) is 0 Å². The Morgan fingerprint density at radius 1 is 1.24 bits per heavy atom. The third kappa shape index (κ3) is 5.58. The summed E-state index contributed by atoms with van der Waals surface area (Å²) >= 11 is 0.